The molecule has 9 heteroatoms. The van der Waals surface area contributed by atoms with Gasteiger partial charge in [0.1, 0.15) is 0 Å². The lowest BCUT2D eigenvalue weighted by molar-refractivity contribution is -0.123. The number of nitrogens with one attached hydrogen (secondary N) is 1. The molecular weight excluding hydrogens is 466 g/mol. The average molecular weight is 498 g/mol. The summed E-state index contributed by atoms with van der Waals surface area (Å²) in [7, 11) is 1.69. The number of pyridine rings is 1. The normalized spacial score (nSPS) is 18.0. The Labute approximate surface area is 210 Å². The molecule has 0 bridgehead atoms. The van der Waals surface area contributed by atoms with Gasteiger partial charge in [0.2, 0.25) is 5.95 Å². The molecule has 2 aromatic heterocycles. The highest BCUT2D eigenvalue weighted by atomic mass is 35.5. The number of ether oxygens (including phenoxy) is 1. The van der Waals surface area contributed by atoms with Crippen molar-refractivity contribution in [1.82, 2.24) is 19.9 Å². The molecule has 1 aromatic carbocycles. The molecule has 1 saturated heterocycles. The van der Waals surface area contributed by atoms with Crippen molar-refractivity contribution in [1.29, 1.82) is 0 Å². The maximum atomic E-state index is 12.7. The molecule has 1 N–H and O–H groups in total. The van der Waals surface area contributed by atoms with Crippen molar-refractivity contribution >= 4 is 34.4 Å². The van der Waals surface area contributed by atoms with Crippen LogP contribution < -0.4 is 20.5 Å². The van der Waals surface area contributed by atoms with Crippen LogP contribution in [0.25, 0.3) is 10.9 Å². The summed E-state index contributed by atoms with van der Waals surface area (Å²) in [6, 6.07) is 7.56. The molecule has 1 aliphatic heterocycles. The molecule has 0 unspecified atom stereocenters. The Kier molecular flexibility index (Phi) is 7.60. The van der Waals surface area contributed by atoms with Crippen molar-refractivity contribution in [3.05, 3.63) is 57.1 Å². The first-order valence-corrected chi connectivity index (χ1v) is 12.4. The fourth-order valence-electron chi connectivity index (χ4n) is 4.80. The van der Waals surface area contributed by atoms with E-state index in [1.165, 1.54) is 11.0 Å². The van der Waals surface area contributed by atoms with Gasteiger partial charge in [-0.15, -0.1) is 0 Å². The monoisotopic (exact) mass is 497 g/mol. The smallest absolute Gasteiger partial charge is 0.293 e. The Balaban J connectivity index is 1.60. The minimum absolute atomic E-state index is 0.138. The average Bonchev–Trinajstić information content (AvgIpc) is 2.81. The number of hydrogen-bond acceptors (Lipinski definition) is 6. The molecule has 2 atom stereocenters. The Bertz CT molecular complexity index is 1280. The van der Waals surface area contributed by atoms with Crippen LogP contribution in [-0.4, -0.2) is 46.7 Å². The summed E-state index contributed by atoms with van der Waals surface area (Å²) in [5.74, 6) is 1.78. The van der Waals surface area contributed by atoms with E-state index in [1.807, 2.05) is 25.1 Å². The van der Waals surface area contributed by atoms with E-state index in [1.54, 1.807) is 19.3 Å². The summed E-state index contributed by atoms with van der Waals surface area (Å²) in [6.45, 7) is 8.52. The zero-order valence-electron chi connectivity index (χ0n) is 20.7. The zero-order valence-corrected chi connectivity index (χ0v) is 21.4. The standard InChI is InChI=1S/C26H32ClN5O3/c1-5-28-24(33)15-35-23-11-19-9-18(6-7-22(19)31(4)25(23)34)10-21-20(27)12-29-26(30-21)32-13-16(2)8-17(3)14-32/h6-7,9,11-12,16-17H,5,8,10,13-15H2,1-4H3,(H,28,33)/t16-,17+. The molecule has 3 heterocycles. The number of carbonyl (C=O) groups is 1. The molecule has 4 rings (SSSR count). The summed E-state index contributed by atoms with van der Waals surface area (Å²) >= 11 is 6.48. The van der Waals surface area contributed by atoms with Crippen molar-refractivity contribution in [3.8, 4) is 5.75 Å². The van der Waals surface area contributed by atoms with E-state index >= 15 is 0 Å². The third-order valence-corrected chi connectivity index (χ3v) is 6.63. The van der Waals surface area contributed by atoms with Crippen molar-refractivity contribution in [2.45, 2.75) is 33.6 Å². The Morgan fingerprint density at radius 1 is 1.23 bits per heavy atom. The summed E-state index contributed by atoms with van der Waals surface area (Å²) in [6.07, 6.45) is 3.42. The number of halogens is 1. The first-order chi connectivity index (χ1) is 16.7. The van der Waals surface area contributed by atoms with Gasteiger partial charge in [0.05, 0.1) is 22.4 Å². The number of aryl methyl sites for hydroxylation is 1. The third-order valence-electron chi connectivity index (χ3n) is 6.32. The maximum absolute atomic E-state index is 12.7. The Hall–Kier alpha value is -3.13. The highest BCUT2D eigenvalue weighted by Gasteiger charge is 2.24. The quantitative estimate of drug-likeness (QED) is 0.536. The largest absolute Gasteiger partial charge is 0.478 e. The van der Waals surface area contributed by atoms with Crippen molar-refractivity contribution < 1.29 is 9.53 Å². The summed E-state index contributed by atoms with van der Waals surface area (Å²) in [5, 5.41) is 4.02. The van der Waals surface area contributed by atoms with Crippen LogP contribution in [0.3, 0.4) is 0 Å². The van der Waals surface area contributed by atoms with Gasteiger partial charge in [-0.2, -0.15) is 0 Å². The van der Waals surface area contributed by atoms with Gasteiger partial charge in [0.15, 0.2) is 12.4 Å². The number of rotatable bonds is 7. The number of hydrogen-bond donors (Lipinski definition) is 1. The van der Waals surface area contributed by atoms with E-state index in [9.17, 15) is 9.59 Å². The van der Waals surface area contributed by atoms with E-state index in [0.717, 1.165) is 35.2 Å². The number of piperidine rings is 1. The summed E-state index contributed by atoms with van der Waals surface area (Å²) < 4.78 is 7.05. The second-order valence-corrected chi connectivity index (χ2v) is 9.91. The zero-order chi connectivity index (χ0) is 25.1. The van der Waals surface area contributed by atoms with Gasteiger partial charge in [-0.05, 0) is 48.9 Å². The Morgan fingerprint density at radius 3 is 2.69 bits per heavy atom. The van der Waals surface area contributed by atoms with Crippen LogP contribution >= 0.6 is 11.6 Å². The fraction of sp³-hybridized carbons (Fsp3) is 0.462. The van der Waals surface area contributed by atoms with E-state index in [4.69, 9.17) is 21.3 Å². The first-order valence-electron chi connectivity index (χ1n) is 12.0. The molecule has 0 spiro atoms. The summed E-state index contributed by atoms with van der Waals surface area (Å²) in [4.78, 5) is 36.0. The maximum Gasteiger partial charge on any atom is 0.293 e. The van der Waals surface area contributed by atoms with Gasteiger partial charge in [-0.25, -0.2) is 9.97 Å². The SMILES string of the molecule is CCNC(=O)COc1cc2cc(Cc3nc(N4C[C@H](C)C[C@H](C)C4)ncc3Cl)ccc2n(C)c1=O. The molecule has 1 fully saturated rings. The molecule has 186 valence electrons. The molecule has 8 nitrogen and oxygen atoms in total. The molecule has 0 radical (unpaired) electrons. The molecule has 1 amide bonds. The number of carbonyl (C=O) groups excluding carboxylic acids is 1. The minimum Gasteiger partial charge on any atom is -0.478 e. The van der Waals surface area contributed by atoms with Crippen molar-refractivity contribution in [2.75, 3.05) is 31.1 Å². The van der Waals surface area contributed by atoms with Gasteiger partial charge in [0.25, 0.3) is 11.5 Å². The van der Waals surface area contributed by atoms with E-state index < -0.39 is 0 Å². The molecule has 0 aliphatic carbocycles. The number of fused-ring (bicyclic) bond motifs is 1. The highest BCUT2D eigenvalue weighted by molar-refractivity contribution is 6.31. The lowest BCUT2D eigenvalue weighted by Gasteiger charge is -2.35. The van der Waals surface area contributed by atoms with Crippen LogP contribution in [0.15, 0.2) is 35.3 Å². The van der Waals surface area contributed by atoms with Gasteiger partial charge >= 0.3 is 0 Å². The highest BCUT2D eigenvalue weighted by Crippen LogP contribution is 2.27. The predicted octanol–water partition coefficient (Wildman–Crippen LogP) is 3.57. The molecular formula is C26H32ClN5O3. The number of nitrogens with zero attached hydrogens (tertiary/aromatic N) is 4. The number of likely N-dealkylation sites (N-methyl/N-ethyl adjacent to an activating group) is 1. The molecule has 1 aliphatic rings. The lowest BCUT2D eigenvalue weighted by atomic mass is 9.92. The van der Waals surface area contributed by atoms with Crippen LogP contribution in [0.4, 0.5) is 5.95 Å². The second kappa shape index (κ2) is 10.6. The Morgan fingerprint density at radius 2 is 1.97 bits per heavy atom. The fourth-order valence-corrected chi connectivity index (χ4v) is 4.95. The van der Waals surface area contributed by atoms with Crippen molar-refractivity contribution in [2.24, 2.45) is 18.9 Å². The van der Waals surface area contributed by atoms with Gasteiger partial charge in [-0.3, -0.25) is 9.59 Å². The van der Waals surface area contributed by atoms with Crippen molar-refractivity contribution in [3.63, 3.8) is 0 Å². The number of aromatic nitrogens is 3. The van der Waals surface area contributed by atoms with Crippen LogP contribution in [0.1, 0.15) is 38.4 Å². The van der Waals surface area contributed by atoms with Crippen LogP contribution in [0.2, 0.25) is 5.02 Å². The van der Waals surface area contributed by atoms with Crippen LogP contribution in [-0.2, 0) is 18.3 Å². The lowest BCUT2D eigenvalue weighted by Crippen LogP contribution is -2.39. The minimum atomic E-state index is -0.289. The molecule has 3 aromatic rings. The number of amides is 1. The predicted molar refractivity (Wildman–Crippen MR) is 138 cm³/mol. The van der Waals surface area contributed by atoms with Crippen LogP contribution in [0, 0.1) is 11.8 Å². The number of anilines is 1. The molecule has 0 saturated carbocycles. The topological polar surface area (TPSA) is 89.3 Å². The third kappa shape index (κ3) is 5.75. The van der Waals surface area contributed by atoms with E-state index in [-0.39, 0.29) is 23.8 Å². The number of benzene rings is 1. The second-order valence-electron chi connectivity index (χ2n) is 9.50. The van der Waals surface area contributed by atoms with Gasteiger partial charge < -0.3 is 19.5 Å². The van der Waals surface area contributed by atoms with Crippen LogP contribution in [0.5, 0.6) is 5.75 Å². The first kappa shape index (κ1) is 25.0. The van der Waals surface area contributed by atoms with Gasteiger partial charge in [-0.1, -0.05) is 31.5 Å². The van der Waals surface area contributed by atoms with E-state index in [0.29, 0.717) is 35.8 Å². The molecule has 35 heavy (non-hydrogen) atoms. The van der Waals surface area contributed by atoms with Gasteiger partial charge in [0, 0.05) is 38.5 Å². The van der Waals surface area contributed by atoms with E-state index in [2.05, 4.69) is 29.0 Å². The summed E-state index contributed by atoms with van der Waals surface area (Å²) in [5.41, 5.74) is 2.25.